The molecule has 0 saturated carbocycles. The van der Waals surface area contributed by atoms with E-state index < -0.39 is 0 Å². The van der Waals surface area contributed by atoms with Gasteiger partial charge in [0.1, 0.15) is 0 Å². The lowest BCUT2D eigenvalue weighted by Gasteiger charge is -1.84. The molecule has 0 saturated heterocycles. The van der Waals surface area contributed by atoms with E-state index in [0.717, 1.165) is 11.3 Å². The molecular formula is C7H8N4. The normalized spacial score (nSPS) is 10.3. The molecule has 2 rings (SSSR count). The highest BCUT2D eigenvalue weighted by Crippen LogP contribution is 2.13. The van der Waals surface area contributed by atoms with E-state index >= 15 is 0 Å². The molecule has 0 aliphatic carbocycles. The molecule has 0 spiro atoms. The molecule has 1 N–H and O–H groups in total. The minimum absolute atomic E-state index is 0.929. The lowest BCUT2D eigenvalue weighted by molar-refractivity contribution is 0.768. The summed E-state index contributed by atoms with van der Waals surface area (Å²) in [7, 11) is 1.89. The molecule has 0 bridgehead atoms. The molecule has 4 heteroatoms. The highest BCUT2D eigenvalue weighted by molar-refractivity contribution is 5.55. The summed E-state index contributed by atoms with van der Waals surface area (Å²) in [6.45, 7) is 0. The Morgan fingerprint density at radius 3 is 3.00 bits per heavy atom. The van der Waals surface area contributed by atoms with Gasteiger partial charge in [0.2, 0.25) is 0 Å². The molecule has 0 unspecified atom stereocenters. The van der Waals surface area contributed by atoms with Gasteiger partial charge in [0.25, 0.3) is 0 Å². The number of nitrogens with one attached hydrogen (secondary N) is 1. The van der Waals surface area contributed by atoms with Crippen molar-refractivity contribution >= 4 is 0 Å². The van der Waals surface area contributed by atoms with Crippen LogP contribution >= 0.6 is 0 Å². The van der Waals surface area contributed by atoms with E-state index in [1.165, 1.54) is 0 Å². The molecule has 2 aromatic heterocycles. The van der Waals surface area contributed by atoms with Gasteiger partial charge in [-0.05, 0) is 6.07 Å². The van der Waals surface area contributed by atoms with Crippen molar-refractivity contribution in [3.63, 3.8) is 0 Å². The summed E-state index contributed by atoms with van der Waals surface area (Å²) in [6.07, 6.45) is 5.51. The Kier molecular flexibility index (Phi) is 1.25. The van der Waals surface area contributed by atoms with Gasteiger partial charge in [0, 0.05) is 25.0 Å². The zero-order valence-electron chi connectivity index (χ0n) is 6.15. The monoisotopic (exact) mass is 148 g/mol. The Labute approximate surface area is 63.9 Å². The van der Waals surface area contributed by atoms with E-state index in [0.29, 0.717) is 0 Å². The third-order valence-corrected chi connectivity index (χ3v) is 1.50. The van der Waals surface area contributed by atoms with Crippen molar-refractivity contribution in [2.24, 2.45) is 7.05 Å². The Morgan fingerprint density at radius 1 is 1.55 bits per heavy atom. The highest BCUT2D eigenvalue weighted by atomic mass is 15.2. The van der Waals surface area contributed by atoms with Gasteiger partial charge in [0.15, 0.2) is 0 Å². The van der Waals surface area contributed by atoms with Gasteiger partial charge in [-0.1, -0.05) is 0 Å². The number of hydrogen-bond acceptors (Lipinski definition) is 2. The van der Waals surface area contributed by atoms with Crippen LogP contribution in [0.5, 0.6) is 0 Å². The molecule has 2 heterocycles. The van der Waals surface area contributed by atoms with Crippen LogP contribution in [0.4, 0.5) is 0 Å². The van der Waals surface area contributed by atoms with Crippen molar-refractivity contribution in [1.29, 1.82) is 0 Å². The second kappa shape index (κ2) is 2.23. The number of hydrogen-bond donors (Lipinski definition) is 1. The maximum Gasteiger partial charge on any atom is 0.0952 e. The molecule has 2 aromatic rings. The van der Waals surface area contributed by atoms with Gasteiger partial charge >= 0.3 is 0 Å². The quantitative estimate of drug-likeness (QED) is 0.650. The summed E-state index contributed by atoms with van der Waals surface area (Å²) in [5, 5.41) is 10.8. The van der Waals surface area contributed by atoms with Crippen LogP contribution < -0.4 is 0 Å². The topological polar surface area (TPSA) is 46.5 Å². The van der Waals surface area contributed by atoms with E-state index in [1.807, 2.05) is 19.3 Å². The molecule has 0 aliphatic rings. The molecule has 0 atom stereocenters. The van der Waals surface area contributed by atoms with Crippen molar-refractivity contribution in [3.8, 4) is 11.3 Å². The van der Waals surface area contributed by atoms with Gasteiger partial charge in [-0.25, -0.2) is 0 Å². The minimum Gasteiger partial charge on any atom is -0.285 e. The Balaban J connectivity index is 2.45. The van der Waals surface area contributed by atoms with Crippen molar-refractivity contribution in [2.45, 2.75) is 0 Å². The van der Waals surface area contributed by atoms with Crippen LogP contribution in [0.15, 0.2) is 24.7 Å². The van der Waals surface area contributed by atoms with E-state index in [4.69, 9.17) is 0 Å². The van der Waals surface area contributed by atoms with Crippen LogP contribution in [-0.2, 0) is 7.05 Å². The van der Waals surface area contributed by atoms with Crippen LogP contribution in [0.1, 0.15) is 0 Å². The zero-order valence-corrected chi connectivity index (χ0v) is 6.15. The van der Waals surface area contributed by atoms with Crippen LogP contribution in [0, 0.1) is 0 Å². The van der Waals surface area contributed by atoms with E-state index in [9.17, 15) is 0 Å². The molecule has 0 aromatic carbocycles. The second-order valence-corrected chi connectivity index (χ2v) is 2.36. The maximum absolute atomic E-state index is 4.04. The SMILES string of the molecule is Cn1cc(-c2cc[nH]n2)cn1. The Bertz CT molecular complexity index is 333. The summed E-state index contributed by atoms with van der Waals surface area (Å²) < 4.78 is 1.75. The molecule has 0 amide bonds. The minimum atomic E-state index is 0.929. The second-order valence-electron chi connectivity index (χ2n) is 2.36. The van der Waals surface area contributed by atoms with Gasteiger partial charge in [-0.3, -0.25) is 9.78 Å². The fraction of sp³-hybridized carbons (Fsp3) is 0.143. The summed E-state index contributed by atoms with van der Waals surface area (Å²) in [4.78, 5) is 0. The molecule has 0 aliphatic heterocycles. The summed E-state index contributed by atoms with van der Waals surface area (Å²) in [5.41, 5.74) is 1.96. The average Bonchev–Trinajstić information content (AvgIpc) is 2.55. The van der Waals surface area contributed by atoms with Crippen LogP contribution in [-0.4, -0.2) is 20.0 Å². The molecule has 0 radical (unpaired) electrons. The third kappa shape index (κ3) is 1.02. The molecular weight excluding hydrogens is 140 g/mol. The number of rotatable bonds is 1. The molecule has 0 fully saturated rings. The predicted octanol–water partition coefficient (Wildman–Crippen LogP) is 0.810. The number of nitrogens with zero attached hydrogens (tertiary/aromatic N) is 3. The Morgan fingerprint density at radius 2 is 2.45 bits per heavy atom. The van der Waals surface area contributed by atoms with Crippen LogP contribution in [0.3, 0.4) is 0 Å². The van der Waals surface area contributed by atoms with E-state index in [1.54, 1.807) is 17.1 Å². The Hall–Kier alpha value is -1.58. The van der Waals surface area contributed by atoms with Crippen molar-refractivity contribution in [2.75, 3.05) is 0 Å². The number of aryl methyl sites for hydroxylation is 1. The van der Waals surface area contributed by atoms with Gasteiger partial charge < -0.3 is 0 Å². The van der Waals surface area contributed by atoms with Crippen LogP contribution in [0.25, 0.3) is 11.3 Å². The molecule has 56 valence electrons. The smallest absolute Gasteiger partial charge is 0.0952 e. The lowest BCUT2D eigenvalue weighted by atomic mass is 10.3. The summed E-state index contributed by atoms with van der Waals surface area (Å²) in [5.74, 6) is 0. The zero-order chi connectivity index (χ0) is 7.68. The van der Waals surface area contributed by atoms with E-state index in [2.05, 4.69) is 15.3 Å². The maximum atomic E-state index is 4.04. The summed E-state index contributed by atoms with van der Waals surface area (Å²) >= 11 is 0. The van der Waals surface area contributed by atoms with Crippen molar-refractivity contribution < 1.29 is 0 Å². The first-order valence-electron chi connectivity index (χ1n) is 3.35. The summed E-state index contributed by atoms with van der Waals surface area (Å²) in [6, 6.07) is 1.91. The standard InChI is InChI=1S/C7H8N4/c1-11-5-6(4-9-11)7-2-3-8-10-7/h2-5H,1H3,(H,8,10). The van der Waals surface area contributed by atoms with Gasteiger partial charge in [-0.2, -0.15) is 10.2 Å². The largest absolute Gasteiger partial charge is 0.285 e. The predicted molar refractivity (Wildman–Crippen MR) is 40.8 cm³/mol. The van der Waals surface area contributed by atoms with Crippen LogP contribution in [0.2, 0.25) is 0 Å². The molecule has 11 heavy (non-hydrogen) atoms. The van der Waals surface area contributed by atoms with Crippen molar-refractivity contribution in [3.05, 3.63) is 24.7 Å². The number of aromatic amines is 1. The first-order valence-corrected chi connectivity index (χ1v) is 3.35. The highest BCUT2D eigenvalue weighted by Gasteiger charge is 1.99. The fourth-order valence-electron chi connectivity index (χ4n) is 0.975. The fourth-order valence-corrected chi connectivity index (χ4v) is 0.975. The average molecular weight is 148 g/mol. The first kappa shape index (κ1) is 6.15. The van der Waals surface area contributed by atoms with Gasteiger partial charge in [0.05, 0.1) is 11.9 Å². The van der Waals surface area contributed by atoms with Crippen molar-refractivity contribution in [1.82, 2.24) is 20.0 Å². The number of aromatic nitrogens is 4. The number of H-pyrrole nitrogens is 1. The lowest BCUT2D eigenvalue weighted by Crippen LogP contribution is -1.84. The first-order chi connectivity index (χ1) is 5.36. The van der Waals surface area contributed by atoms with E-state index in [-0.39, 0.29) is 0 Å². The molecule has 4 nitrogen and oxygen atoms in total. The third-order valence-electron chi connectivity index (χ3n) is 1.50. The van der Waals surface area contributed by atoms with Gasteiger partial charge in [-0.15, -0.1) is 0 Å².